The minimum Gasteiger partial charge on any atom is -0.496 e. The molecule has 138 valence electrons. The molecule has 0 bridgehead atoms. The third-order valence-corrected chi connectivity index (χ3v) is 5.85. The topological polar surface area (TPSA) is 87.2 Å². The number of hydrogen-bond acceptors (Lipinski definition) is 4. The largest absolute Gasteiger partial charge is 0.496 e. The Morgan fingerprint density at radius 1 is 1.27 bits per heavy atom. The van der Waals surface area contributed by atoms with Gasteiger partial charge in [0.25, 0.3) is 5.91 Å². The third kappa shape index (κ3) is 2.53. The van der Waals surface area contributed by atoms with E-state index in [1.54, 1.807) is 29.2 Å². The molecular formula is C19H22N2O5. The zero-order valence-electron chi connectivity index (χ0n) is 14.7. The van der Waals surface area contributed by atoms with Crippen molar-refractivity contribution in [2.75, 3.05) is 33.3 Å². The highest BCUT2D eigenvalue weighted by Crippen LogP contribution is 2.45. The standard InChI is InChI=1S/C19H22N2O5/c1-26-15-5-3-2-4-13(15)16(22)21-9-14-17(23)20(8-12-6-7-12)10-19(14,11-21)18(24)25/h2-5,12,14H,6-11H2,1H3,(H,24,25)/t14-,19+/m1/s1. The van der Waals surface area contributed by atoms with Crippen molar-refractivity contribution in [1.29, 1.82) is 0 Å². The van der Waals surface area contributed by atoms with E-state index >= 15 is 0 Å². The molecule has 0 spiro atoms. The third-order valence-electron chi connectivity index (χ3n) is 5.85. The molecule has 1 N–H and O–H groups in total. The zero-order valence-corrected chi connectivity index (χ0v) is 14.7. The van der Waals surface area contributed by atoms with E-state index in [-0.39, 0.29) is 31.4 Å². The molecule has 3 fully saturated rings. The van der Waals surface area contributed by atoms with Crippen molar-refractivity contribution in [3.63, 3.8) is 0 Å². The van der Waals surface area contributed by atoms with Crippen molar-refractivity contribution in [1.82, 2.24) is 9.80 Å². The number of likely N-dealkylation sites (tertiary alicyclic amines) is 2. The van der Waals surface area contributed by atoms with Crippen molar-refractivity contribution < 1.29 is 24.2 Å². The van der Waals surface area contributed by atoms with E-state index in [0.717, 1.165) is 12.8 Å². The highest BCUT2D eigenvalue weighted by atomic mass is 16.5. The van der Waals surface area contributed by atoms with Gasteiger partial charge in [-0.05, 0) is 30.9 Å². The van der Waals surface area contributed by atoms with Crippen LogP contribution in [0.1, 0.15) is 23.2 Å². The van der Waals surface area contributed by atoms with Crippen LogP contribution in [0.4, 0.5) is 0 Å². The van der Waals surface area contributed by atoms with E-state index in [1.165, 1.54) is 12.0 Å². The van der Waals surface area contributed by atoms with Gasteiger partial charge in [-0.15, -0.1) is 0 Å². The molecule has 4 rings (SSSR count). The fraction of sp³-hybridized carbons (Fsp3) is 0.526. The highest BCUT2D eigenvalue weighted by Gasteiger charge is 2.63. The van der Waals surface area contributed by atoms with Crippen LogP contribution in [0.3, 0.4) is 0 Å². The van der Waals surface area contributed by atoms with E-state index in [2.05, 4.69) is 0 Å². The monoisotopic (exact) mass is 358 g/mol. The summed E-state index contributed by atoms with van der Waals surface area (Å²) in [6.45, 7) is 1.03. The van der Waals surface area contributed by atoms with Crippen LogP contribution < -0.4 is 4.74 Å². The van der Waals surface area contributed by atoms with Crippen molar-refractivity contribution in [2.24, 2.45) is 17.3 Å². The molecule has 7 heteroatoms. The SMILES string of the molecule is COc1ccccc1C(=O)N1C[C@@H]2C(=O)N(CC3CC3)C[C@]2(C(=O)O)C1. The van der Waals surface area contributed by atoms with E-state index in [0.29, 0.717) is 23.8 Å². The summed E-state index contributed by atoms with van der Waals surface area (Å²) in [4.78, 5) is 41.0. The second kappa shape index (κ2) is 6.00. The quantitative estimate of drug-likeness (QED) is 0.851. The minimum atomic E-state index is -1.20. The lowest BCUT2D eigenvalue weighted by Gasteiger charge is -2.25. The predicted molar refractivity (Wildman–Crippen MR) is 91.8 cm³/mol. The molecule has 0 aromatic heterocycles. The Morgan fingerprint density at radius 3 is 2.62 bits per heavy atom. The van der Waals surface area contributed by atoms with Crippen LogP contribution in [-0.2, 0) is 9.59 Å². The number of carbonyl (C=O) groups is 3. The van der Waals surface area contributed by atoms with E-state index in [9.17, 15) is 19.5 Å². The molecule has 2 amide bonds. The van der Waals surface area contributed by atoms with Gasteiger partial charge in [-0.1, -0.05) is 12.1 Å². The maximum absolute atomic E-state index is 12.9. The number of methoxy groups -OCH3 is 1. The Balaban J connectivity index is 1.58. The van der Waals surface area contributed by atoms with Crippen LogP contribution in [0.25, 0.3) is 0 Å². The van der Waals surface area contributed by atoms with E-state index in [4.69, 9.17) is 4.74 Å². The summed E-state index contributed by atoms with van der Waals surface area (Å²) >= 11 is 0. The molecule has 2 aliphatic heterocycles. The summed E-state index contributed by atoms with van der Waals surface area (Å²) in [6.07, 6.45) is 2.21. The Bertz CT molecular complexity index is 775. The minimum absolute atomic E-state index is 0.0524. The summed E-state index contributed by atoms with van der Waals surface area (Å²) in [6, 6.07) is 6.86. The number of para-hydroxylation sites is 1. The number of amides is 2. The van der Waals surface area contributed by atoms with Gasteiger partial charge in [0.05, 0.1) is 18.6 Å². The molecule has 2 atom stereocenters. The molecule has 1 aliphatic carbocycles. The van der Waals surface area contributed by atoms with Crippen LogP contribution in [-0.4, -0.2) is 66.0 Å². The second-order valence-corrected chi connectivity index (χ2v) is 7.56. The lowest BCUT2D eigenvalue weighted by molar-refractivity contribution is -0.149. The van der Waals surface area contributed by atoms with Gasteiger partial charge >= 0.3 is 5.97 Å². The maximum Gasteiger partial charge on any atom is 0.314 e. The lowest BCUT2D eigenvalue weighted by atomic mass is 9.81. The van der Waals surface area contributed by atoms with Gasteiger partial charge in [-0.25, -0.2) is 0 Å². The van der Waals surface area contributed by atoms with Crippen molar-refractivity contribution in [2.45, 2.75) is 12.8 Å². The summed E-state index contributed by atoms with van der Waals surface area (Å²) < 4.78 is 5.24. The van der Waals surface area contributed by atoms with Crippen molar-refractivity contribution >= 4 is 17.8 Å². The molecule has 2 heterocycles. The van der Waals surface area contributed by atoms with Gasteiger partial charge in [-0.3, -0.25) is 14.4 Å². The number of carbonyl (C=O) groups excluding carboxylic acids is 2. The van der Waals surface area contributed by atoms with E-state index in [1.807, 2.05) is 0 Å². The van der Waals surface area contributed by atoms with Gasteiger partial charge in [0.1, 0.15) is 11.2 Å². The number of ether oxygens (including phenoxy) is 1. The Morgan fingerprint density at radius 2 is 2.00 bits per heavy atom. The number of carboxylic acid groups (broad SMARTS) is 1. The first-order chi connectivity index (χ1) is 12.5. The number of rotatable bonds is 5. The molecule has 0 radical (unpaired) electrons. The Labute approximate surface area is 151 Å². The zero-order chi connectivity index (χ0) is 18.5. The average molecular weight is 358 g/mol. The molecular weight excluding hydrogens is 336 g/mol. The molecule has 7 nitrogen and oxygen atoms in total. The van der Waals surface area contributed by atoms with Gasteiger partial charge in [0.2, 0.25) is 5.91 Å². The normalized spacial score (nSPS) is 27.6. The number of carboxylic acids is 1. The molecule has 26 heavy (non-hydrogen) atoms. The summed E-state index contributed by atoms with van der Waals surface area (Å²) in [5.74, 6) is -1.13. The highest BCUT2D eigenvalue weighted by molar-refractivity contribution is 6.00. The van der Waals surface area contributed by atoms with Crippen LogP contribution in [0.5, 0.6) is 5.75 Å². The smallest absolute Gasteiger partial charge is 0.314 e. The predicted octanol–water partition coefficient (Wildman–Crippen LogP) is 1.09. The first-order valence-corrected chi connectivity index (χ1v) is 8.91. The molecule has 2 saturated heterocycles. The molecule has 0 unspecified atom stereocenters. The summed E-state index contributed by atoms with van der Waals surface area (Å²) in [5.41, 5.74) is -0.818. The first kappa shape index (κ1) is 16.9. The fourth-order valence-electron chi connectivity index (χ4n) is 4.22. The van der Waals surface area contributed by atoms with Crippen molar-refractivity contribution in [3.8, 4) is 5.75 Å². The maximum atomic E-state index is 12.9. The van der Waals surface area contributed by atoms with Crippen LogP contribution >= 0.6 is 0 Å². The van der Waals surface area contributed by atoms with Crippen LogP contribution in [0.15, 0.2) is 24.3 Å². The number of fused-ring (bicyclic) bond motifs is 1. The average Bonchev–Trinajstić information content (AvgIpc) is 3.31. The van der Waals surface area contributed by atoms with Crippen molar-refractivity contribution in [3.05, 3.63) is 29.8 Å². The molecule has 1 saturated carbocycles. The van der Waals surface area contributed by atoms with E-state index < -0.39 is 17.3 Å². The first-order valence-electron chi connectivity index (χ1n) is 8.91. The number of hydrogen-bond donors (Lipinski definition) is 1. The molecule has 3 aliphatic rings. The van der Waals surface area contributed by atoms with Gasteiger partial charge in [-0.2, -0.15) is 0 Å². The molecule has 1 aromatic rings. The number of aliphatic carboxylic acids is 1. The fourth-order valence-corrected chi connectivity index (χ4v) is 4.22. The van der Waals surface area contributed by atoms with Gasteiger partial charge < -0.3 is 19.6 Å². The number of benzene rings is 1. The Kier molecular flexibility index (Phi) is 3.89. The summed E-state index contributed by atoms with van der Waals surface area (Å²) in [5, 5.41) is 9.89. The Hall–Kier alpha value is -2.57. The second-order valence-electron chi connectivity index (χ2n) is 7.56. The van der Waals surface area contributed by atoms with Gasteiger partial charge in [0.15, 0.2) is 0 Å². The molecule has 1 aromatic carbocycles. The number of nitrogens with zero attached hydrogens (tertiary/aromatic N) is 2. The van der Waals surface area contributed by atoms with Crippen LogP contribution in [0, 0.1) is 17.3 Å². The lowest BCUT2D eigenvalue weighted by Crippen LogP contribution is -2.42. The van der Waals surface area contributed by atoms with Crippen LogP contribution in [0.2, 0.25) is 0 Å². The summed E-state index contributed by atoms with van der Waals surface area (Å²) in [7, 11) is 1.49. The van der Waals surface area contributed by atoms with Gasteiger partial charge in [0, 0.05) is 26.2 Å².